The van der Waals surface area contributed by atoms with Gasteiger partial charge in [-0.2, -0.15) is 0 Å². The quantitative estimate of drug-likeness (QED) is 0.922. The molecule has 0 radical (unpaired) electrons. The Bertz CT molecular complexity index is 675. The average Bonchev–Trinajstić information content (AvgIpc) is 2.73. The third-order valence-corrected chi connectivity index (χ3v) is 4.26. The normalized spacial score (nSPS) is 13.4. The van der Waals surface area contributed by atoms with E-state index in [1.807, 2.05) is 13.1 Å². The Morgan fingerprint density at radius 1 is 1.26 bits per heavy atom. The molecule has 0 saturated carbocycles. The molecule has 1 aliphatic heterocycles. The summed E-state index contributed by atoms with van der Waals surface area (Å²) in [7, 11) is 1.73. The molecule has 0 spiro atoms. The van der Waals surface area contributed by atoms with Crippen molar-refractivity contribution in [3.05, 3.63) is 47.3 Å². The number of methoxy groups -OCH3 is 1. The average molecular weight is 334 g/mol. The van der Waals surface area contributed by atoms with Gasteiger partial charge in [0.1, 0.15) is 5.75 Å². The van der Waals surface area contributed by atoms with E-state index in [0.717, 1.165) is 48.6 Å². The first-order chi connectivity index (χ1) is 10.7. The van der Waals surface area contributed by atoms with Gasteiger partial charge in [0.25, 0.3) is 0 Å². The molecule has 4 nitrogen and oxygen atoms in total. The van der Waals surface area contributed by atoms with Crippen LogP contribution in [0.25, 0.3) is 0 Å². The minimum absolute atomic E-state index is 0. The number of hydrogen-bond acceptors (Lipinski definition) is 4. The van der Waals surface area contributed by atoms with Crippen molar-refractivity contribution in [2.45, 2.75) is 26.8 Å². The van der Waals surface area contributed by atoms with Crippen molar-refractivity contribution in [1.29, 1.82) is 0 Å². The van der Waals surface area contributed by atoms with E-state index in [9.17, 15) is 0 Å². The van der Waals surface area contributed by atoms with Crippen LogP contribution < -0.4 is 15.0 Å². The zero-order valence-corrected chi connectivity index (χ0v) is 14.7. The molecule has 0 bridgehead atoms. The van der Waals surface area contributed by atoms with Crippen LogP contribution in [-0.4, -0.2) is 25.2 Å². The van der Waals surface area contributed by atoms with Gasteiger partial charge in [0.2, 0.25) is 0 Å². The fourth-order valence-corrected chi connectivity index (χ4v) is 3.09. The van der Waals surface area contributed by atoms with Gasteiger partial charge in [0.05, 0.1) is 30.7 Å². The van der Waals surface area contributed by atoms with E-state index in [0.29, 0.717) is 0 Å². The molecule has 5 heteroatoms. The van der Waals surface area contributed by atoms with Crippen LogP contribution in [0.2, 0.25) is 0 Å². The topological polar surface area (TPSA) is 37.4 Å². The standard InChI is InChI=1S/C18H23N3O.ClH/c1-13-11-20-16(14(2)18(13)22-3)12-21-10-6-9-19-15-7-4-5-8-17(15)21;/h4-5,7-8,11,19H,6,9-10,12H2,1-3H3;1H. The van der Waals surface area contributed by atoms with Crippen LogP contribution in [-0.2, 0) is 6.54 Å². The van der Waals surface area contributed by atoms with Gasteiger partial charge in [0, 0.05) is 30.4 Å². The van der Waals surface area contributed by atoms with Gasteiger partial charge in [-0.3, -0.25) is 4.98 Å². The number of halogens is 1. The van der Waals surface area contributed by atoms with E-state index >= 15 is 0 Å². The third-order valence-electron chi connectivity index (χ3n) is 4.26. The number of ether oxygens (including phenoxy) is 1. The Kier molecular flexibility index (Phi) is 5.72. The van der Waals surface area contributed by atoms with Crippen LogP contribution in [0.3, 0.4) is 0 Å². The van der Waals surface area contributed by atoms with Crippen LogP contribution >= 0.6 is 12.4 Å². The highest BCUT2D eigenvalue weighted by molar-refractivity contribution is 5.85. The maximum atomic E-state index is 5.53. The van der Waals surface area contributed by atoms with Gasteiger partial charge in [-0.1, -0.05) is 12.1 Å². The second-order valence-corrected chi connectivity index (χ2v) is 5.77. The van der Waals surface area contributed by atoms with E-state index < -0.39 is 0 Å². The fourth-order valence-electron chi connectivity index (χ4n) is 3.09. The summed E-state index contributed by atoms with van der Waals surface area (Å²) in [5.41, 5.74) is 5.76. The molecule has 0 unspecified atom stereocenters. The molecular formula is C18H24ClN3O. The Morgan fingerprint density at radius 2 is 2.04 bits per heavy atom. The maximum absolute atomic E-state index is 5.53. The van der Waals surface area contributed by atoms with Crippen molar-refractivity contribution in [3.8, 4) is 5.75 Å². The Balaban J connectivity index is 0.00000192. The highest BCUT2D eigenvalue weighted by atomic mass is 35.5. The van der Waals surface area contributed by atoms with Gasteiger partial charge < -0.3 is 15.0 Å². The highest BCUT2D eigenvalue weighted by Gasteiger charge is 2.17. The first-order valence-corrected chi connectivity index (χ1v) is 7.77. The zero-order valence-electron chi connectivity index (χ0n) is 13.9. The Morgan fingerprint density at radius 3 is 2.83 bits per heavy atom. The molecule has 124 valence electrons. The molecule has 0 amide bonds. The number of benzene rings is 1. The summed E-state index contributed by atoms with van der Waals surface area (Å²) >= 11 is 0. The molecular weight excluding hydrogens is 310 g/mol. The first kappa shape index (κ1) is 17.4. The number of anilines is 2. The van der Waals surface area contributed by atoms with Gasteiger partial charge in [-0.25, -0.2) is 0 Å². The minimum Gasteiger partial charge on any atom is -0.496 e. The largest absolute Gasteiger partial charge is 0.496 e. The van der Waals surface area contributed by atoms with E-state index in [2.05, 4.69) is 46.4 Å². The van der Waals surface area contributed by atoms with Crippen LogP contribution in [0.5, 0.6) is 5.75 Å². The number of nitrogens with one attached hydrogen (secondary N) is 1. The number of hydrogen-bond donors (Lipinski definition) is 1. The molecule has 23 heavy (non-hydrogen) atoms. The number of pyridine rings is 1. The number of rotatable bonds is 3. The summed E-state index contributed by atoms with van der Waals surface area (Å²) in [5, 5.41) is 3.50. The van der Waals surface area contributed by atoms with E-state index in [1.165, 1.54) is 11.4 Å². The second-order valence-electron chi connectivity index (χ2n) is 5.77. The number of fused-ring (bicyclic) bond motifs is 1. The zero-order chi connectivity index (χ0) is 15.5. The molecule has 0 aliphatic carbocycles. The van der Waals surface area contributed by atoms with Gasteiger partial charge in [-0.05, 0) is 32.4 Å². The molecule has 1 aromatic carbocycles. The Hall–Kier alpha value is -1.94. The first-order valence-electron chi connectivity index (χ1n) is 7.77. The molecule has 0 atom stereocenters. The minimum atomic E-state index is 0. The smallest absolute Gasteiger partial charge is 0.128 e. The number of nitrogens with zero attached hydrogens (tertiary/aromatic N) is 2. The SMILES string of the molecule is COc1c(C)cnc(CN2CCCNc3ccccc32)c1C.Cl. The van der Waals surface area contributed by atoms with Crippen molar-refractivity contribution in [2.75, 3.05) is 30.4 Å². The van der Waals surface area contributed by atoms with Crippen LogP contribution in [0, 0.1) is 13.8 Å². The van der Waals surface area contributed by atoms with Crippen LogP contribution in [0.1, 0.15) is 23.2 Å². The second kappa shape index (κ2) is 7.55. The van der Waals surface area contributed by atoms with E-state index in [-0.39, 0.29) is 12.4 Å². The lowest BCUT2D eigenvalue weighted by atomic mass is 10.1. The number of para-hydroxylation sites is 2. The van der Waals surface area contributed by atoms with E-state index in [1.54, 1.807) is 7.11 Å². The fraction of sp³-hybridized carbons (Fsp3) is 0.389. The predicted molar refractivity (Wildman–Crippen MR) is 98.1 cm³/mol. The summed E-state index contributed by atoms with van der Waals surface area (Å²) < 4.78 is 5.53. The molecule has 2 heterocycles. The van der Waals surface area contributed by atoms with E-state index in [4.69, 9.17) is 4.74 Å². The summed E-state index contributed by atoms with van der Waals surface area (Å²) in [6.45, 7) is 6.98. The summed E-state index contributed by atoms with van der Waals surface area (Å²) in [6.07, 6.45) is 3.03. The lowest BCUT2D eigenvalue weighted by molar-refractivity contribution is 0.406. The summed E-state index contributed by atoms with van der Waals surface area (Å²) in [5.74, 6) is 0.950. The molecule has 0 saturated heterocycles. The Labute approximate surface area is 144 Å². The van der Waals surface area contributed by atoms with Crippen LogP contribution in [0.4, 0.5) is 11.4 Å². The molecule has 1 aromatic heterocycles. The molecule has 2 aromatic rings. The van der Waals surface area contributed by atoms with Crippen molar-refractivity contribution >= 4 is 23.8 Å². The number of aromatic nitrogens is 1. The highest BCUT2D eigenvalue weighted by Crippen LogP contribution is 2.31. The molecule has 3 rings (SSSR count). The van der Waals surface area contributed by atoms with Crippen molar-refractivity contribution in [3.63, 3.8) is 0 Å². The van der Waals surface area contributed by atoms with Crippen molar-refractivity contribution in [1.82, 2.24) is 4.98 Å². The monoisotopic (exact) mass is 333 g/mol. The summed E-state index contributed by atoms with van der Waals surface area (Å²) in [6, 6.07) is 8.49. The molecule has 0 fully saturated rings. The lowest BCUT2D eigenvalue weighted by Crippen LogP contribution is -2.24. The van der Waals surface area contributed by atoms with Gasteiger partial charge >= 0.3 is 0 Å². The van der Waals surface area contributed by atoms with Gasteiger partial charge in [0.15, 0.2) is 0 Å². The van der Waals surface area contributed by atoms with Crippen molar-refractivity contribution in [2.24, 2.45) is 0 Å². The molecule has 1 aliphatic rings. The van der Waals surface area contributed by atoms with Gasteiger partial charge in [-0.15, -0.1) is 12.4 Å². The molecule has 1 N–H and O–H groups in total. The predicted octanol–water partition coefficient (Wildman–Crippen LogP) is 3.95. The third kappa shape index (κ3) is 3.53. The maximum Gasteiger partial charge on any atom is 0.128 e. The lowest BCUT2D eigenvalue weighted by Gasteiger charge is -2.25. The van der Waals surface area contributed by atoms with Crippen molar-refractivity contribution < 1.29 is 4.74 Å². The summed E-state index contributed by atoms with van der Waals surface area (Å²) in [4.78, 5) is 7.04. The number of aryl methyl sites for hydroxylation is 1. The van der Waals surface area contributed by atoms with Crippen LogP contribution in [0.15, 0.2) is 30.5 Å².